The van der Waals surface area contributed by atoms with Crippen LogP contribution in [0.5, 0.6) is 0 Å². The molecule has 1 saturated carbocycles. The van der Waals surface area contributed by atoms with Crippen molar-refractivity contribution in [1.82, 2.24) is 15.3 Å². The van der Waals surface area contributed by atoms with Crippen molar-refractivity contribution in [2.24, 2.45) is 0 Å². The second-order valence-corrected chi connectivity index (χ2v) is 8.37. The van der Waals surface area contributed by atoms with E-state index in [2.05, 4.69) is 15.3 Å². The number of ether oxygens (including phenoxy) is 1. The third-order valence-corrected chi connectivity index (χ3v) is 6.01. The van der Waals surface area contributed by atoms with Crippen LogP contribution in [-0.4, -0.2) is 41.3 Å². The van der Waals surface area contributed by atoms with Gasteiger partial charge in [-0.3, -0.25) is 0 Å². The Balaban J connectivity index is 1.44. The number of nitrogens with one attached hydrogen (secondary N) is 1. The zero-order chi connectivity index (χ0) is 22.5. The zero-order valence-corrected chi connectivity index (χ0v) is 17.9. The number of carbonyl (C=O) groups excluding carboxylic acids is 1. The molecular formula is C23H27FN6O2. The lowest BCUT2D eigenvalue weighted by molar-refractivity contribution is 0.0723. The van der Waals surface area contributed by atoms with Crippen LogP contribution in [0.2, 0.25) is 0 Å². The molecule has 1 aliphatic carbocycles. The molecule has 2 fully saturated rings. The lowest BCUT2D eigenvalue weighted by atomic mass is 9.98. The molecule has 3 N–H and O–H groups in total. The molecule has 0 bridgehead atoms. The predicted molar refractivity (Wildman–Crippen MR) is 118 cm³/mol. The first-order valence-corrected chi connectivity index (χ1v) is 11.1. The van der Waals surface area contributed by atoms with Crippen LogP contribution in [-0.2, 0) is 4.74 Å². The van der Waals surface area contributed by atoms with E-state index in [9.17, 15) is 9.18 Å². The number of nitrogens with two attached hydrogens (primary N) is 1. The topological polar surface area (TPSA) is 117 Å². The largest absolute Gasteiger partial charge is 0.446 e. The number of anilines is 2. The van der Waals surface area contributed by atoms with Gasteiger partial charge in [-0.2, -0.15) is 10.2 Å². The number of nitrogens with zero attached hydrogens (tertiary/aromatic N) is 4. The maximum Gasteiger partial charge on any atom is 0.407 e. The molecule has 9 heteroatoms. The van der Waals surface area contributed by atoms with E-state index in [1.807, 2.05) is 11.0 Å². The van der Waals surface area contributed by atoms with Crippen LogP contribution in [0, 0.1) is 17.1 Å². The molecule has 32 heavy (non-hydrogen) atoms. The number of aromatic nitrogens is 2. The number of halogens is 1. The highest BCUT2D eigenvalue weighted by atomic mass is 19.1. The van der Waals surface area contributed by atoms with Gasteiger partial charge in [0.1, 0.15) is 23.8 Å². The van der Waals surface area contributed by atoms with Crippen molar-refractivity contribution in [2.75, 3.05) is 23.7 Å². The smallest absolute Gasteiger partial charge is 0.407 e. The van der Waals surface area contributed by atoms with E-state index in [1.54, 1.807) is 12.1 Å². The number of nitriles is 1. The van der Waals surface area contributed by atoms with Gasteiger partial charge in [0.2, 0.25) is 5.95 Å². The monoisotopic (exact) mass is 438 g/mol. The van der Waals surface area contributed by atoms with Crippen molar-refractivity contribution in [3.63, 3.8) is 0 Å². The van der Waals surface area contributed by atoms with Gasteiger partial charge in [0.25, 0.3) is 0 Å². The zero-order valence-electron chi connectivity index (χ0n) is 17.9. The van der Waals surface area contributed by atoms with Crippen LogP contribution in [0.1, 0.15) is 50.5 Å². The molecule has 168 valence electrons. The summed E-state index contributed by atoms with van der Waals surface area (Å²) < 4.78 is 19.7. The maximum atomic E-state index is 14.1. The lowest BCUT2D eigenvalue weighted by Crippen LogP contribution is -2.48. The summed E-state index contributed by atoms with van der Waals surface area (Å²) in [5.41, 5.74) is 6.89. The number of piperidine rings is 1. The molecule has 8 nitrogen and oxygen atoms in total. The first kappa shape index (κ1) is 21.8. The van der Waals surface area contributed by atoms with Crippen LogP contribution in [0.4, 0.5) is 21.0 Å². The van der Waals surface area contributed by atoms with Crippen LogP contribution in [0.3, 0.4) is 0 Å². The summed E-state index contributed by atoms with van der Waals surface area (Å²) in [7, 11) is 0. The van der Waals surface area contributed by atoms with Crippen molar-refractivity contribution in [1.29, 1.82) is 5.26 Å². The Kier molecular flexibility index (Phi) is 6.69. The summed E-state index contributed by atoms with van der Waals surface area (Å²) >= 11 is 0. The van der Waals surface area contributed by atoms with Crippen LogP contribution < -0.4 is 16.0 Å². The van der Waals surface area contributed by atoms with Crippen molar-refractivity contribution in [3.8, 4) is 17.3 Å². The molecule has 1 aromatic carbocycles. The van der Waals surface area contributed by atoms with Gasteiger partial charge in [-0.25, -0.2) is 14.2 Å². The molecular weight excluding hydrogens is 411 g/mol. The minimum absolute atomic E-state index is 0.0143. The predicted octanol–water partition coefficient (Wildman–Crippen LogP) is 3.76. The van der Waals surface area contributed by atoms with Gasteiger partial charge in [0.05, 0.1) is 11.3 Å². The molecule has 4 rings (SSSR count). The van der Waals surface area contributed by atoms with Crippen LogP contribution >= 0.6 is 0 Å². The fourth-order valence-electron chi connectivity index (χ4n) is 4.37. The highest BCUT2D eigenvalue weighted by Crippen LogP contribution is 2.26. The van der Waals surface area contributed by atoms with Crippen LogP contribution in [0.25, 0.3) is 11.3 Å². The molecule has 1 atom stereocenters. The molecule has 1 aliphatic heterocycles. The summed E-state index contributed by atoms with van der Waals surface area (Å²) in [5, 5.41) is 11.9. The summed E-state index contributed by atoms with van der Waals surface area (Å²) in [6.45, 7) is 1.32. The Bertz CT molecular complexity index is 1020. The van der Waals surface area contributed by atoms with Crippen molar-refractivity contribution < 1.29 is 13.9 Å². The van der Waals surface area contributed by atoms with Crippen molar-refractivity contribution in [2.45, 2.75) is 57.1 Å². The van der Waals surface area contributed by atoms with Crippen LogP contribution in [0.15, 0.2) is 24.3 Å². The number of rotatable bonds is 4. The molecule has 0 unspecified atom stereocenters. The van der Waals surface area contributed by atoms with E-state index in [1.165, 1.54) is 18.6 Å². The van der Waals surface area contributed by atoms with Crippen molar-refractivity contribution >= 4 is 17.9 Å². The van der Waals surface area contributed by atoms with Gasteiger partial charge in [-0.1, -0.05) is 12.5 Å². The lowest BCUT2D eigenvalue weighted by Gasteiger charge is -2.34. The second-order valence-electron chi connectivity index (χ2n) is 8.37. The summed E-state index contributed by atoms with van der Waals surface area (Å²) in [5.74, 6) is 0.0842. The van der Waals surface area contributed by atoms with Crippen molar-refractivity contribution in [3.05, 3.63) is 35.6 Å². The molecule has 0 radical (unpaired) electrons. The normalized spacial score (nSPS) is 19.2. The maximum absolute atomic E-state index is 14.1. The molecule has 2 aromatic rings. The van der Waals surface area contributed by atoms with Gasteiger partial charge in [-0.15, -0.1) is 0 Å². The van der Waals surface area contributed by atoms with Gasteiger partial charge in [0.15, 0.2) is 0 Å². The Labute approximate surface area is 186 Å². The first-order valence-electron chi connectivity index (χ1n) is 11.1. The Hall–Kier alpha value is -3.41. The summed E-state index contributed by atoms with van der Waals surface area (Å²) in [6, 6.07) is 7.82. The minimum Gasteiger partial charge on any atom is -0.446 e. The third kappa shape index (κ3) is 5.25. The number of hydrogen-bond acceptors (Lipinski definition) is 7. The summed E-state index contributed by atoms with van der Waals surface area (Å²) in [6.07, 6.45) is 6.67. The Morgan fingerprint density at radius 2 is 2.00 bits per heavy atom. The van der Waals surface area contributed by atoms with E-state index in [0.29, 0.717) is 23.6 Å². The number of nitrogen functional groups attached to an aromatic ring is 1. The van der Waals surface area contributed by atoms with E-state index in [-0.39, 0.29) is 29.8 Å². The first-order chi connectivity index (χ1) is 15.5. The standard InChI is InChI=1S/C23H27FN6O2/c24-19-11-15(8-9-16(19)13-25)20-12-21(29-22(26)28-20)30-10-4-5-17(14-30)27-23(31)32-18-6-2-1-3-7-18/h8-9,11-12,17-18H,1-7,10,14H2,(H,27,31)(H2,26,28,29)/t17-/m1/s1. The molecule has 2 aliphatic rings. The second kappa shape index (κ2) is 9.81. The number of carbonyl (C=O) groups is 1. The average Bonchev–Trinajstić information content (AvgIpc) is 2.79. The Morgan fingerprint density at radius 1 is 1.19 bits per heavy atom. The van der Waals surface area contributed by atoms with Gasteiger partial charge in [0, 0.05) is 30.8 Å². The SMILES string of the molecule is N#Cc1ccc(-c2cc(N3CCC[C@@H](NC(=O)OC4CCCCC4)C3)nc(N)n2)cc1F. The quantitative estimate of drug-likeness (QED) is 0.746. The average molecular weight is 439 g/mol. The van der Waals surface area contributed by atoms with E-state index >= 15 is 0 Å². The van der Waals surface area contributed by atoms with E-state index < -0.39 is 5.82 Å². The number of amides is 1. The van der Waals surface area contributed by atoms with E-state index in [0.717, 1.165) is 45.1 Å². The Morgan fingerprint density at radius 3 is 2.75 bits per heavy atom. The van der Waals surface area contributed by atoms with E-state index in [4.69, 9.17) is 15.7 Å². The highest BCUT2D eigenvalue weighted by Gasteiger charge is 2.25. The van der Waals surface area contributed by atoms with Gasteiger partial charge in [-0.05, 0) is 50.7 Å². The number of benzene rings is 1. The number of hydrogen-bond donors (Lipinski definition) is 2. The third-order valence-electron chi connectivity index (χ3n) is 6.01. The molecule has 1 amide bonds. The molecule has 1 saturated heterocycles. The fraction of sp³-hybridized carbons (Fsp3) is 0.478. The van der Waals surface area contributed by atoms with Gasteiger partial charge >= 0.3 is 6.09 Å². The highest BCUT2D eigenvalue weighted by molar-refractivity contribution is 5.68. The molecule has 0 spiro atoms. The summed E-state index contributed by atoms with van der Waals surface area (Å²) in [4.78, 5) is 23.0. The number of alkyl carbamates (subject to hydrolysis) is 1. The molecule has 2 heterocycles. The van der Waals surface area contributed by atoms with Gasteiger partial charge < -0.3 is 20.7 Å². The minimum atomic E-state index is -0.609. The fourth-order valence-corrected chi connectivity index (χ4v) is 4.37. The molecule has 1 aromatic heterocycles.